The van der Waals surface area contributed by atoms with Crippen LogP contribution in [-0.2, 0) is 0 Å². The van der Waals surface area contributed by atoms with E-state index in [1.165, 1.54) is 11.5 Å². The molecule has 1 fully saturated rings. The van der Waals surface area contributed by atoms with Crippen LogP contribution >= 0.6 is 0 Å². The molecule has 1 aromatic heterocycles. The molecule has 0 atom stereocenters. The molecule has 1 aromatic carbocycles. The van der Waals surface area contributed by atoms with Gasteiger partial charge in [0.15, 0.2) is 5.75 Å². The summed E-state index contributed by atoms with van der Waals surface area (Å²) < 4.78 is 5.84. The van der Waals surface area contributed by atoms with Crippen LogP contribution in [0.15, 0.2) is 17.1 Å². The minimum Gasteiger partial charge on any atom is -0.449 e. The summed E-state index contributed by atoms with van der Waals surface area (Å²) in [5.41, 5.74) is -2.34. The number of nitro benzene ring substituents is 2. The molecule has 1 aliphatic carbocycles. The molecule has 0 bridgehead atoms. The van der Waals surface area contributed by atoms with Gasteiger partial charge in [-0.15, -0.1) is 0 Å². The number of benzene rings is 1. The van der Waals surface area contributed by atoms with Crippen LogP contribution < -0.4 is 10.2 Å². The van der Waals surface area contributed by atoms with E-state index >= 15 is 0 Å². The lowest BCUT2D eigenvalue weighted by Gasteiger charge is -2.13. The maximum atomic E-state index is 12.5. The Balaban J connectivity index is 2.51. The largest absolute Gasteiger partial charge is 0.511 e. The number of aromatic nitrogens is 1. The number of pyridine rings is 1. The number of carboxylic acid groups (broad SMARTS) is 1. The number of nitrogens with zero attached hydrogens (tertiary/aromatic N) is 3. The standard InChI is InChI=1S/C14H11N3O8/c1-6-9(16(21)22)4-8-12(11(6)17(23)24)15(7-2-3-7)5-10(13(8)18)25-14(19)20/h4-5,7H,2-3H2,1H3,(H,19,20). The zero-order chi connectivity index (χ0) is 18.5. The monoisotopic (exact) mass is 349 g/mol. The summed E-state index contributed by atoms with van der Waals surface area (Å²) in [6.07, 6.45) is 0.735. The van der Waals surface area contributed by atoms with Gasteiger partial charge < -0.3 is 14.4 Å². The minimum atomic E-state index is -1.73. The zero-order valence-electron chi connectivity index (χ0n) is 12.8. The van der Waals surface area contributed by atoms with Crippen molar-refractivity contribution in [3.05, 3.63) is 48.3 Å². The molecule has 0 aliphatic heterocycles. The molecule has 0 spiro atoms. The van der Waals surface area contributed by atoms with Gasteiger partial charge >= 0.3 is 11.8 Å². The van der Waals surface area contributed by atoms with Gasteiger partial charge in [-0.1, -0.05) is 0 Å². The van der Waals surface area contributed by atoms with E-state index in [4.69, 9.17) is 5.11 Å². The summed E-state index contributed by atoms with van der Waals surface area (Å²) in [5, 5.41) is 31.1. The number of nitro groups is 2. The second kappa shape index (κ2) is 5.54. The second-order valence-corrected chi connectivity index (χ2v) is 5.61. The Morgan fingerprint density at radius 1 is 1.32 bits per heavy atom. The Morgan fingerprint density at radius 2 is 1.96 bits per heavy atom. The molecular weight excluding hydrogens is 338 g/mol. The molecule has 1 saturated carbocycles. The molecule has 11 nitrogen and oxygen atoms in total. The first kappa shape index (κ1) is 16.4. The van der Waals surface area contributed by atoms with Crippen LogP contribution in [0, 0.1) is 27.2 Å². The third-order valence-corrected chi connectivity index (χ3v) is 4.00. The molecule has 0 unspecified atom stereocenters. The molecule has 1 aliphatic rings. The van der Waals surface area contributed by atoms with Gasteiger partial charge in [-0.25, -0.2) is 4.79 Å². The Bertz CT molecular complexity index is 1010. The van der Waals surface area contributed by atoms with E-state index in [2.05, 4.69) is 4.74 Å². The highest BCUT2D eigenvalue weighted by atomic mass is 16.7. The normalized spacial score (nSPS) is 13.6. The number of hydrogen-bond acceptors (Lipinski definition) is 7. The Kier molecular flexibility index (Phi) is 3.63. The van der Waals surface area contributed by atoms with Crippen molar-refractivity contribution in [1.82, 2.24) is 4.57 Å². The molecule has 25 heavy (non-hydrogen) atoms. The smallest absolute Gasteiger partial charge is 0.449 e. The number of ether oxygens (including phenoxy) is 1. The highest BCUT2D eigenvalue weighted by Gasteiger charge is 2.34. The van der Waals surface area contributed by atoms with E-state index in [1.54, 1.807) is 0 Å². The summed E-state index contributed by atoms with van der Waals surface area (Å²) in [7, 11) is 0. The molecule has 0 amide bonds. The van der Waals surface area contributed by atoms with Crippen LogP contribution in [0.4, 0.5) is 16.2 Å². The lowest BCUT2D eigenvalue weighted by molar-refractivity contribution is -0.394. The van der Waals surface area contributed by atoms with E-state index in [-0.39, 0.29) is 22.5 Å². The van der Waals surface area contributed by atoms with Gasteiger partial charge in [-0.3, -0.25) is 25.0 Å². The van der Waals surface area contributed by atoms with Crippen molar-refractivity contribution in [2.45, 2.75) is 25.8 Å². The van der Waals surface area contributed by atoms with Crippen LogP contribution in [0.5, 0.6) is 5.75 Å². The lowest BCUT2D eigenvalue weighted by Crippen LogP contribution is -2.17. The van der Waals surface area contributed by atoms with E-state index < -0.39 is 38.6 Å². The van der Waals surface area contributed by atoms with Gasteiger partial charge in [-0.05, 0) is 19.8 Å². The number of fused-ring (bicyclic) bond motifs is 1. The summed E-state index contributed by atoms with van der Waals surface area (Å²) in [4.78, 5) is 44.4. The van der Waals surface area contributed by atoms with Crippen molar-refractivity contribution in [3.8, 4) is 5.75 Å². The maximum absolute atomic E-state index is 12.5. The molecule has 0 saturated heterocycles. The van der Waals surface area contributed by atoms with Crippen LogP contribution in [0.2, 0.25) is 0 Å². The van der Waals surface area contributed by atoms with E-state index in [0.29, 0.717) is 12.8 Å². The SMILES string of the molecule is Cc1c([N+](=O)[O-])cc2c(=O)c(OC(=O)O)cn(C3CC3)c2c1[N+](=O)[O-]. The first-order valence-electron chi connectivity index (χ1n) is 7.14. The number of hydrogen-bond donors (Lipinski definition) is 1. The van der Waals surface area contributed by atoms with Gasteiger partial charge in [0, 0.05) is 12.1 Å². The first-order valence-corrected chi connectivity index (χ1v) is 7.14. The third kappa shape index (κ3) is 2.65. The predicted octanol–water partition coefficient (Wildman–Crippen LogP) is 2.52. The second-order valence-electron chi connectivity index (χ2n) is 5.61. The van der Waals surface area contributed by atoms with Crippen molar-refractivity contribution in [2.75, 3.05) is 0 Å². The summed E-state index contributed by atoms with van der Waals surface area (Å²) in [6, 6.07) is 0.756. The highest BCUT2D eigenvalue weighted by molar-refractivity contribution is 5.93. The molecule has 0 radical (unpaired) electrons. The lowest BCUT2D eigenvalue weighted by atomic mass is 10.1. The van der Waals surface area contributed by atoms with Crippen molar-refractivity contribution >= 4 is 28.4 Å². The van der Waals surface area contributed by atoms with Crippen LogP contribution in [0.3, 0.4) is 0 Å². The molecule has 1 heterocycles. The predicted molar refractivity (Wildman–Crippen MR) is 83.2 cm³/mol. The van der Waals surface area contributed by atoms with Crippen LogP contribution in [-0.4, -0.2) is 25.7 Å². The van der Waals surface area contributed by atoms with Crippen molar-refractivity contribution < 1.29 is 24.5 Å². The molecule has 130 valence electrons. The van der Waals surface area contributed by atoms with Crippen LogP contribution in [0.1, 0.15) is 24.4 Å². The fourth-order valence-electron chi connectivity index (χ4n) is 2.78. The van der Waals surface area contributed by atoms with Gasteiger partial charge in [-0.2, -0.15) is 0 Å². The number of carbonyl (C=O) groups is 1. The summed E-state index contributed by atoms with van der Waals surface area (Å²) in [5.74, 6) is -0.556. The average Bonchev–Trinajstić information content (AvgIpc) is 3.33. The Hall–Kier alpha value is -3.50. The minimum absolute atomic E-state index is 0.0710. The molecule has 2 aromatic rings. The summed E-state index contributed by atoms with van der Waals surface area (Å²) in [6.45, 7) is 1.24. The average molecular weight is 349 g/mol. The fraction of sp³-hybridized carbons (Fsp3) is 0.286. The molecule has 11 heteroatoms. The third-order valence-electron chi connectivity index (χ3n) is 4.00. The Morgan fingerprint density at radius 3 is 2.44 bits per heavy atom. The first-order chi connectivity index (χ1) is 11.7. The summed E-state index contributed by atoms with van der Waals surface area (Å²) >= 11 is 0. The van der Waals surface area contributed by atoms with Crippen molar-refractivity contribution in [2.24, 2.45) is 0 Å². The van der Waals surface area contributed by atoms with E-state index in [0.717, 1.165) is 12.3 Å². The molecular formula is C14H11N3O8. The van der Waals surface area contributed by atoms with Gasteiger partial charge in [0.1, 0.15) is 11.1 Å². The molecule has 3 rings (SSSR count). The number of rotatable bonds is 4. The van der Waals surface area contributed by atoms with Crippen LogP contribution in [0.25, 0.3) is 10.9 Å². The van der Waals surface area contributed by atoms with Gasteiger partial charge in [0.2, 0.25) is 5.43 Å². The zero-order valence-corrected chi connectivity index (χ0v) is 12.8. The molecule has 1 N–H and O–H groups in total. The highest BCUT2D eigenvalue weighted by Crippen LogP contribution is 2.42. The topological polar surface area (TPSA) is 155 Å². The van der Waals surface area contributed by atoms with Gasteiger partial charge in [0.05, 0.1) is 21.4 Å². The van der Waals surface area contributed by atoms with Crippen molar-refractivity contribution in [1.29, 1.82) is 0 Å². The van der Waals surface area contributed by atoms with Crippen molar-refractivity contribution in [3.63, 3.8) is 0 Å². The van der Waals surface area contributed by atoms with Gasteiger partial charge in [0.25, 0.3) is 5.69 Å². The quantitative estimate of drug-likeness (QED) is 0.501. The van der Waals surface area contributed by atoms with E-state index in [9.17, 15) is 29.8 Å². The Labute approximate surface area is 138 Å². The fourth-order valence-corrected chi connectivity index (χ4v) is 2.78. The maximum Gasteiger partial charge on any atom is 0.511 e. The van der Waals surface area contributed by atoms with E-state index in [1.807, 2.05) is 0 Å².